The molecule has 0 spiro atoms. The lowest BCUT2D eigenvalue weighted by Crippen LogP contribution is -2.52. The summed E-state index contributed by atoms with van der Waals surface area (Å²) in [7, 11) is 0. The van der Waals surface area contributed by atoms with Crippen LogP contribution in [0.1, 0.15) is 34.6 Å². The molecule has 4 nitrogen and oxygen atoms in total. The Hall–Kier alpha value is -1.62. The number of rotatable bonds is 6. The Morgan fingerprint density at radius 2 is 1.81 bits per heavy atom. The second-order valence-corrected chi connectivity index (χ2v) is 6.26. The van der Waals surface area contributed by atoms with Crippen LogP contribution in [-0.2, 0) is 4.79 Å². The molecule has 21 heavy (non-hydrogen) atoms. The zero-order valence-corrected chi connectivity index (χ0v) is 13.2. The standard InChI is InChI=1S/C16H24FNO3/c1-11(2)16(5,20)10-18-14(19)15(3,4)21-13-8-6-12(17)7-9-13/h6-9,11,20H,10H2,1-5H3,(H,18,19). The third kappa shape index (κ3) is 5.01. The molecular weight excluding hydrogens is 273 g/mol. The van der Waals surface area contributed by atoms with Crippen LogP contribution >= 0.6 is 0 Å². The molecule has 0 bridgehead atoms. The average Bonchev–Trinajstić information content (AvgIpc) is 2.38. The van der Waals surface area contributed by atoms with Gasteiger partial charge in [0, 0.05) is 6.54 Å². The minimum Gasteiger partial charge on any atom is -0.478 e. The number of benzene rings is 1. The molecule has 1 atom stereocenters. The second kappa shape index (κ2) is 6.43. The van der Waals surface area contributed by atoms with E-state index in [-0.39, 0.29) is 24.2 Å². The highest BCUT2D eigenvalue weighted by Crippen LogP contribution is 2.20. The van der Waals surface area contributed by atoms with E-state index >= 15 is 0 Å². The maximum absolute atomic E-state index is 12.8. The van der Waals surface area contributed by atoms with Gasteiger partial charge in [0.05, 0.1) is 5.60 Å². The molecule has 2 N–H and O–H groups in total. The molecule has 0 aliphatic rings. The van der Waals surface area contributed by atoms with Crippen molar-refractivity contribution in [1.29, 1.82) is 0 Å². The zero-order chi connectivity index (χ0) is 16.3. The van der Waals surface area contributed by atoms with Crippen molar-refractivity contribution in [3.63, 3.8) is 0 Å². The Morgan fingerprint density at radius 1 is 1.29 bits per heavy atom. The molecule has 5 heteroatoms. The minimum atomic E-state index is -1.12. The van der Waals surface area contributed by atoms with E-state index in [9.17, 15) is 14.3 Å². The van der Waals surface area contributed by atoms with Crippen LogP contribution in [0.15, 0.2) is 24.3 Å². The fraction of sp³-hybridized carbons (Fsp3) is 0.562. The van der Waals surface area contributed by atoms with Gasteiger partial charge in [0.2, 0.25) is 0 Å². The summed E-state index contributed by atoms with van der Waals surface area (Å²) in [6.45, 7) is 8.82. The van der Waals surface area contributed by atoms with E-state index in [0.29, 0.717) is 5.75 Å². The van der Waals surface area contributed by atoms with Crippen molar-refractivity contribution in [3.8, 4) is 5.75 Å². The predicted octanol–water partition coefficient (Wildman–Crippen LogP) is 2.51. The summed E-state index contributed by atoms with van der Waals surface area (Å²) in [4.78, 5) is 12.2. The maximum atomic E-state index is 12.8. The summed E-state index contributed by atoms with van der Waals surface area (Å²) in [6, 6.07) is 5.48. The fourth-order valence-corrected chi connectivity index (χ4v) is 1.52. The van der Waals surface area contributed by atoms with Crippen molar-refractivity contribution in [2.24, 2.45) is 5.92 Å². The molecule has 0 aliphatic heterocycles. The van der Waals surface area contributed by atoms with E-state index in [1.165, 1.54) is 24.3 Å². The van der Waals surface area contributed by atoms with Crippen molar-refractivity contribution in [3.05, 3.63) is 30.1 Å². The number of aliphatic hydroxyl groups is 1. The van der Waals surface area contributed by atoms with Gasteiger partial charge in [0.15, 0.2) is 5.60 Å². The molecule has 0 aromatic heterocycles. The molecule has 1 amide bonds. The van der Waals surface area contributed by atoms with Crippen LogP contribution in [-0.4, -0.2) is 28.8 Å². The van der Waals surface area contributed by atoms with Gasteiger partial charge in [0.1, 0.15) is 11.6 Å². The van der Waals surface area contributed by atoms with E-state index in [1.807, 2.05) is 13.8 Å². The monoisotopic (exact) mass is 297 g/mol. The fourth-order valence-electron chi connectivity index (χ4n) is 1.52. The molecule has 0 saturated carbocycles. The number of carbonyl (C=O) groups is 1. The highest BCUT2D eigenvalue weighted by molar-refractivity contribution is 5.84. The lowest BCUT2D eigenvalue weighted by Gasteiger charge is -2.31. The summed E-state index contributed by atoms with van der Waals surface area (Å²) in [5.41, 5.74) is -2.10. The quantitative estimate of drug-likeness (QED) is 0.848. The van der Waals surface area contributed by atoms with Crippen LogP contribution in [0.3, 0.4) is 0 Å². The Bertz CT molecular complexity index is 481. The first-order valence-electron chi connectivity index (χ1n) is 7.00. The summed E-state index contributed by atoms with van der Waals surface area (Å²) in [5, 5.41) is 12.8. The van der Waals surface area contributed by atoms with Crippen LogP contribution in [0, 0.1) is 11.7 Å². The number of hydrogen-bond acceptors (Lipinski definition) is 3. The highest BCUT2D eigenvalue weighted by Gasteiger charge is 2.33. The van der Waals surface area contributed by atoms with E-state index in [4.69, 9.17) is 4.74 Å². The topological polar surface area (TPSA) is 58.6 Å². The molecule has 0 saturated heterocycles. The number of halogens is 1. The predicted molar refractivity (Wildman–Crippen MR) is 79.6 cm³/mol. The maximum Gasteiger partial charge on any atom is 0.263 e. The van der Waals surface area contributed by atoms with Gasteiger partial charge in [-0.05, 0) is 51.0 Å². The van der Waals surface area contributed by atoms with Gasteiger partial charge in [-0.3, -0.25) is 4.79 Å². The van der Waals surface area contributed by atoms with Gasteiger partial charge < -0.3 is 15.2 Å². The molecule has 0 heterocycles. The highest BCUT2D eigenvalue weighted by atomic mass is 19.1. The summed E-state index contributed by atoms with van der Waals surface area (Å²) in [5.74, 6) is -0.281. The van der Waals surface area contributed by atoms with Crippen molar-refractivity contribution in [1.82, 2.24) is 5.32 Å². The SMILES string of the molecule is CC(C)C(C)(O)CNC(=O)C(C)(C)Oc1ccc(F)cc1. The van der Waals surface area contributed by atoms with Gasteiger partial charge in [-0.1, -0.05) is 13.8 Å². The third-order valence-electron chi connectivity index (χ3n) is 3.58. The van der Waals surface area contributed by atoms with Gasteiger partial charge in [-0.25, -0.2) is 4.39 Å². The van der Waals surface area contributed by atoms with Gasteiger partial charge in [0.25, 0.3) is 5.91 Å². The van der Waals surface area contributed by atoms with E-state index in [0.717, 1.165) is 0 Å². The van der Waals surface area contributed by atoms with Crippen molar-refractivity contribution < 1.29 is 19.0 Å². The number of nitrogens with one attached hydrogen (secondary N) is 1. The number of ether oxygens (including phenoxy) is 1. The Morgan fingerprint density at radius 3 is 2.29 bits per heavy atom. The lowest BCUT2D eigenvalue weighted by atomic mass is 9.92. The number of hydrogen-bond donors (Lipinski definition) is 2. The molecule has 1 rings (SSSR count). The molecule has 0 fully saturated rings. The molecule has 1 unspecified atom stereocenters. The van der Waals surface area contributed by atoms with Crippen LogP contribution < -0.4 is 10.1 Å². The van der Waals surface area contributed by atoms with Gasteiger partial charge >= 0.3 is 0 Å². The van der Waals surface area contributed by atoms with E-state index in [1.54, 1.807) is 20.8 Å². The lowest BCUT2D eigenvalue weighted by molar-refractivity contribution is -0.135. The zero-order valence-electron chi connectivity index (χ0n) is 13.2. The van der Waals surface area contributed by atoms with Crippen LogP contribution in [0.5, 0.6) is 5.75 Å². The smallest absolute Gasteiger partial charge is 0.263 e. The first-order valence-corrected chi connectivity index (χ1v) is 7.00. The first-order chi connectivity index (χ1) is 9.54. The summed E-state index contributed by atoms with van der Waals surface area (Å²) >= 11 is 0. The molecular formula is C16H24FNO3. The number of amides is 1. The van der Waals surface area contributed by atoms with Gasteiger partial charge in [-0.15, -0.1) is 0 Å². The average molecular weight is 297 g/mol. The van der Waals surface area contributed by atoms with Crippen molar-refractivity contribution >= 4 is 5.91 Å². The molecule has 118 valence electrons. The Kier molecular flexibility index (Phi) is 5.34. The van der Waals surface area contributed by atoms with Crippen LogP contribution in [0.25, 0.3) is 0 Å². The van der Waals surface area contributed by atoms with Crippen molar-refractivity contribution in [2.45, 2.75) is 45.8 Å². The summed E-state index contributed by atoms with van der Waals surface area (Å²) in [6.07, 6.45) is 0. The number of carbonyl (C=O) groups excluding carboxylic acids is 1. The minimum absolute atomic E-state index is 0.0129. The van der Waals surface area contributed by atoms with Crippen LogP contribution in [0.2, 0.25) is 0 Å². The van der Waals surface area contributed by atoms with E-state index < -0.39 is 11.2 Å². The third-order valence-corrected chi connectivity index (χ3v) is 3.58. The second-order valence-electron chi connectivity index (χ2n) is 6.26. The summed E-state index contributed by atoms with van der Waals surface area (Å²) < 4.78 is 18.4. The first kappa shape index (κ1) is 17.4. The van der Waals surface area contributed by atoms with Crippen LogP contribution in [0.4, 0.5) is 4.39 Å². The molecule has 0 radical (unpaired) electrons. The normalized spacial score (nSPS) is 14.7. The van der Waals surface area contributed by atoms with E-state index in [2.05, 4.69) is 5.32 Å². The molecule has 1 aromatic carbocycles. The molecule has 0 aliphatic carbocycles. The Balaban J connectivity index is 2.65. The largest absolute Gasteiger partial charge is 0.478 e. The van der Waals surface area contributed by atoms with Gasteiger partial charge in [-0.2, -0.15) is 0 Å². The van der Waals surface area contributed by atoms with Crippen molar-refractivity contribution in [2.75, 3.05) is 6.54 Å². The Labute approximate surface area is 125 Å². The molecule has 1 aromatic rings.